The highest BCUT2D eigenvalue weighted by molar-refractivity contribution is 7.20. The Hall–Kier alpha value is -2.97. The number of nitrogens with one attached hydrogen (secondary N) is 1. The van der Waals surface area contributed by atoms with E-state index in [-0.39, 0.29) is 5.91 Å². The number of carbonyl (C=O) groups is 1. The number of hydrogen-bond acceptors (Lipinski definition) is 7. The van der Waals surface area contributed by atoms with Crippen LogP contribution in [0.5, 0.6) is 10.9 Å². The fourth-order valence-electron chi connectivity index (χ4n) is 5.27. The van der Waals surface area contributed by atoms with Crippen LogP contribution in [0.4, 0.5) is 0 Å². The van der Waals surface area contributed by atoms with Crippen LogP contribution in [0, 0.1) is 0 Å². The number of carbonyl (C=O) groups excluding carboxylic acids is 1. The van der Waals surface area contributed by atoms with E-state index in [1.807, 2.05) is 36.6 Å². The van der Waals surface area contributed by atoms with Crippen molar-refractivity contribution in [1.29, 1.82) is 0 Å². The van der Waals surface area contributed by atoms with E-state index in [0.717, 1.165) is 53.5 Å². The number of pyridine rings is 1. The number of fused-ring (bicyclic) bond motifs is 4. The van der Waals surface area contributed by atoms with Crippen molar-refractivity contribution in [1.82, 2.24) is 20.2 Å². The Kier molecular flexibility index (Phi) is 4.84. The molecule has 2 saturated heterocycles. The quantitative estimate of drug-likeness (QED) is 0.470. The molecule has 164 valence electrons. The van der Waals surface area contributed by atoms with Gasteiger partial charge in [0.05, 0.1) is 11.0 Å². The van der Waals surface area contributed by atoms with Crippen molar-refractivity contribution in [3.63, 3.8) is 0 Å². The van der Waals surface area contributed by atoms with Gasteiger partial charge in [-0.25, -0.2) is 4.98 Å². The lowest BCUT2D eigenvalue weighted by atomic mass is 9.97. The molecule has 1 N–H and O–H groups in total. The van der Waals surface area contributed by atoms with Crippen molar-refractivity contribution in [2.24, 2.45) is 0 Å². The first-order valence-electron chi connectivity index (χ1n) is 11.1. The van der Waals surface area contributed by atoms with Crippen LogP contribution in [-0.4, -0.2) is 38.9 Å². The third-order valence-electron chi connectivity index (χ3n) is 6.66. The summed E-state index contributed by atoms with van der Waals surface area (Å²) in [5, 5.41) is 5.35. The lowest BCUT2D eigenvalue weighted by molar-refractivity contribution is -0.133. The van der Waals surface area contributed by atoms with E-state index in [2.05, 4.69) is 20.2 Å². The largest absolute Gasteiger partial charge is 0.464 e. The van der Waals surface area contributed by atoms with Gasteiger partial charge in [-0.2, -0.15) is 4.98 Å². The van der Waals surface area contributed by atoms with Crippen LogP contribution >= 0.6 is 11.3 Å². The highest BCUT2D eigenvalue weighted by Gasteiger charge is 2.41. The van der Waals surface area contributed by atoms with E-state index < -0.39 is 0 Å². The maximum absolute atomic E-state index is 11.9. The molecule has 2 aliphatic heterocycles. The van der Waals surface area contributed by atoms with E-state index in [1.54, 1.807) is 13.1 Å². The molecule has 2 aliphatic rings. The van der Waals surface area contributed by atoms with Gasteiger partial charge in [-0.15, -0.1) is 0 Å². The first-order chi connectivity index (χ1) is 15.6. The smallest absolute Gasteiger partial charge is 0.281 e. The summed E-state index contributed by atoms with van der Waals surface area (Å²) in [7, 11) is 0. The number of benzene rings is 1. The van der Waals surface area contributed by atoms with Gasteiger partial charge >= 0.3 is 0 Å². The average Bonchev–Trinajstić information content (AvgIpc) is 3.45. The Morgan fingerprint density at radius 1 is 1.28 bits per heavy atom. The predicted molar refractivity (Wildman–Crippen MR) is 123 cm³/mol. The second-order valence-corrected chi connectivity index (χ2v) is 9.68. The number of amides is 1. The van der Waals surface area contributed by atoms with Gasteiger partial charge in [0.15, 0.2) is 5.65 Å². The van der Waals surface area contributed by atoms with Crippen LogP contribution in [0.25, 0.3) is 21.3 Å². The zero-order chi connectivity index (χ0) is 21.7. The van der Waals surface area contributed by atoms with Gasteiger partial charge in [0.1, 0.15) is 11.3 Å². The summed E-state index contributed by atoms with van der Waals surface area (Å²) in [6, 6.07) is 11.0. The monoisotopic (exact) mass is 448 g/mol. The molecule has 0 radical (unpaired) electrons. The number of piperidine rings is 1. The Labute approximate surface area is 189 Å². The van der Waals surface area contributed by atoms with Crippen LogP contribution in [0.3, 0.4) is 0 Å². The Bertz CT molecular complexity index is 1250. The minimum Gasteiger partial charge on any atom is -0.464 e. The molecule has 3 aromatic heterocycles. The van der Waals surface area contributed by atoms with E-state index >= 15 is 0 Å². The fraction of sp³-hybridized carbons (Fsp3) is 0.375. The first kappa shape index (κ1) is 19.7. The molecule has 7 nitrogen and oxygen atoms in total. The Morgan fingerprint density at radius 2 is 2.12 bits per heavy atom. The molecular formula is C24H24N4O3S. The normalized spacial score (nSPS) is 22.7. The molecule has 0 aliphatic carbocycles. The van der Waals surface area contributed by atoms with Gasteiger partial charge in [0.2, 0.25) is 5.91 Å². The standard InChI is InChI=1S/C24H24N4O3S/c1-14(29)28-17-4-5-18(28)10-16(9-17)26-12-15-13-30-21-11-19(6-7-20(15)21)31-24-27-23-22(32-24)3-2-8-25-23/h2-3,6-8,11,13,16-18,26H,4-5,9-10,12H2,1H3/t16-,17+,18-. The highest BCUT2D eigenvalue weighted by Crippen LogP contribution is 2.36. The number of aromatic nitrogens is 2. The molecule has 0 unspecified atom stereocenters. The molecule has 0 spiro atoms. The van der Waals surface area contributed by atoms with Crippen LogP contribution in [0.2, 0.25) is 0 Å². The van der Waals surface area contributed by atoms with Gasteiger partial charge < -0.3 is 19.4 Å². The maximum atomic E-state index is 11.9. The molecule has 32 heavy (non-hydrogen) atoms. The minimum atomic E-state index is 0.219. The van der Waals surface area contributed by atoms with Gasteiger partial charge in [-0.1, -0.05) is 11.3 Å². The van der Waals surface area contributed by atoms with Crippen molar-refractivity contribution in [3.05, 3.63) is 48.4 Å². The summed E-state index contributed by atoms with van der Waals surface area (Å²) in [6.07, 6.45) is 7.87. The zero-order valence-corrected chi connectivity index (χ0v) is 18.6. The molecule has 2 bridgehead atoms. The van der Waals surface area contributed by atoms with Crippen LogP contribution in [0.1, 0.15) is 38.2 Å². The average molecular weight is 449 g/mol. The van der Waals surface area contributed by atoms with E-state index in [1.165, 1.54) is 11.3 Å². The lowest BCUT2D eigenvalue weighted by Gasteiger charge is -2.38. The molecule has 3 atom stereocenters. The second kappa shape index (κ2) is 7.86. The van der Waals surface area contributed by atoms with Crippen molar-refractivity contribution in [3.8, 4) is 10.9 Å². The van der Waals surface area contributed by atoms with Crippen molar-refractivity contribution >= 4 is 38.6 Å². The van der Waals surface area contributed by atoms with Gasteiger partial charge in [0, 0.05) is 54.8 Å². The molecule has 5 heterocycles. The summed E-state index contributed by atoms with van der Waals surface area (Å²) < 4.78 is 12.8. The second-order valence-electron chi connectivity index (χ2n) is 8.69. The molecule has 1 aromatic carbocycles. The fourth-order valence-corrected chi connectivity index (χ4v) is 6.06. The topological polar surface area (TPSA) is 80.5 Å². The number of ether oxygens (including phenoxy) is 1. The third kappa shape index (κ3) is 3.53. The number of furan rings is 1. The maximum Gasteiger partial charge on any atom is 0.281 e. The van der Waals surface area contributed by atoms with Crippen LogP contribution < -0.4 is 10.1 Å². The van der Waals surface area contributed by atoms with Crippen molar-refractivity contribution < 1.29 is 13.9 Å². The number of thiazole rings is 1. The lowest BCUT2D eigenvalue weighted by Crippen LogP contribution is -2.50. The summed E-state index contributed by atoms with van der Waals surface area (Å²) in [4.78, 5) is 22.7. The van der Waals surface area contributed by atoms with Crippen molar-refractivity contribution in [2.75, 3.05) is 0 Å². The zero-order valence-electron chi connectivity index (χ0n) is 17.8. The van der Waals surface area contributed by atoms with E-state index in [9.17, 15) is 4.79 Å². The van der Waals surface area contributed by atoms with E-state index in [0.29, 0.717) is 34.7 Å². The molecular weight excluding hydrogens is 424 g/mol. The highest BCUT2D eigenvalue weighted by atomic mass is 32.1. The molecule has 8 heteroatoms. The van der Waals surface area contributed by atoms with Gasteiger partial charge in [0.25, 0.3) is 5.19 Å². The Balaban J connectivity index is 1.13. The summed E-state index contributed by atoms with van der Waals surface area (Å²) in [6.45, 7) is 2.45. The number of hydrogen-bond donors (Lipinski definition) is 1. The van der Waals surface area contributed by atoms with Crippen LogP contribution in [-0.2, 0) is 11.3 Å². The molecule has 1 amide bonds. The van der Waals surface area contributed by atoms with Gasteiger partial charge in [-0.05, 0) is 49.9 Å². The van der Waals surface area contributed by atoms with Crippen LogP contribution in [0.15, 0.2) is 47.2 Å². The molecule has 6 rings (SSSR count). The number of nitrogens with zero attached hydrogens (tertiary/aromatic N) is 3. The van der Waals surface area contributed by atoms with Gasteiger partial charge in [-0.3, -0.25) is 4.79 Å². The number of rotatable bonds is 5. The summed E-state index contributed by atoms with van der Waals surface area (Å²) in [5.74, 6) is 0.913. The van der Waals surface area contributed by atoms with E-state index in [4.69, 9.17) is 9.15 Å². The van der Waals surface area contributed by atoms with Crippen molar-refractivity contribution in [2.45, 2.75) is 57.3 Å². The summed E-state index contributed by atoms with van der Waals surface area (Å²) in [5.41, 5.74) is 2.63. The predicted octanol–water partition coefficient (Wildman–Crippen LogP) is 4.86. The molecule has 2 fully saturated rings. The first-order valence-corrected chi connectivity index (χ1v) is 11.9. The Morgan fingerprint density at radius 3 is 2.91 bits per heavy atom. The molecule has 4 aromatic rings. The minimum absolute atomic E-state index is 0.219. The SMILES string of the molecule is CC(=O)N1[C@@H]2CC[C@H]1C[C@@H](NCc1coc3cc(Oc4nc5ncccc5s4)ccc13)C2. The third-order valence-corrected chi connectivity index (χ3v) is 7.54. The summed E-state index contributed by atoms with van der Waals surface area (Å²) >= 11 is 1.47. The molecule has 0 saturated carbocycles.